The third-order valence-corrected chi connectivity index (χ3v) is 9.57. The van der Waals surface area contributed by atoms with E-state index in [2.05, 4.69) is 85.0 Å². The minimum Gasteiger partial charge on any atom is -0.355 e. The van der Waals surface area contributed by atoms with E-state index < -0.39 is 17.2 Å². The minimum absolute atomic E-state index is 1.26. The van der Waals surface area contributed by atoms with Crippen LogP contribution in [0, 0.1) is 0 Å². The molecule has 1 nitrogen and oxygen atoms in total. The second-order valence-corrected chi connectivity index (χ2v) is 13.5. The lowest BCUT2D eigenvalue weighted by Gasteiger charge is -2.26. The molecule has 0 saturated carbocycles. The van der Waals surface area contributed by atoms with Crippen molar-refractivity contribution in [1.82, 2.24) is 4.65 Å². The average molecular weight is 272 g/mol. The Morgan fingerprint density at radius 3 is 1.44 bits per heavy atom. The molecule has 2 aromatic rings. The Labute approximate surface area is 113 Å². The first-order valence-corrected chi connectivity index (χ1v) is 11.7. The minimum atomic E-state index is -1.27. The zero-order valence-corrected chi connectivity index (χ0v) is 13.5. The van der Waals surface area contributed by atoms with Gasteiger partial charge < -0.3 is 4.65 Å². The van der Waals surface area contributed by atoms with Crippen molar-refractivity contribution < 1.29 is 0 Å². The fourth-order valence-electron chi connectivity index (χ4n) is 2.08. The van der Waals surface area contributed by atoms with Crippen LogP contribution >= 0.6 is 0 Å². The van der Waals surface area contributed by atoms with Gasteiger partial charge in [-0.05, 0) is 10.4 Å². The van der Waals surface area contributed by atoms with Gasteiger partial charge in [0.15, 0.2) is 8.96 Å². The molecule has 0 heterocycles. The van der Waals surface area contributed by atoms with E-state index in [4.69, 9.17) is 0 Å². The van der Waals surface area contributed by atoms with Crippen molar-refractivity contribution in [3.05, 3.63) is 60.7 Å². The second-order valence-electron chi connectivity index (χ2n) is 5.65. The first kappa shape index (κ1) is 13.3. The van der Waals surface area contributed by atoms with Crippen molar-refractivity contribution in [2.24, 2.45) is 0 Å². The highest BCUT2D eigenvalue weighted by molar-refractivity contribution is 6.94. The molecule has 0 aliphatic heterocycles. The van der Waals surface area contributed by atoms with Crippen LogP contribution in [0.5, 0.6) is 0 Å². The Morgan fingerprint density at radius 2 is 1.11 bits per heavy atom. The summed E-state index contributed by atoms with van der Waals surface area (Å²) < 4.78 is 3.97. The van der Waals surface area contributed by atoms with E-state index in [1.54, 1.807) is 0 Å². The molecule has 0 bridgehead atoms. The predicted molar refractivity (Wildman–Crippen MR) is 85.8 cm³/mol. The number of hydrogen-bond acceptors (Lipinski definition) is 1. The summed E-state index contributed by atoms with van der Waals surface area (Å²) in [5.41, 5.74) is 0. The third kappa shape index (κ3) is 3.66. The smallest absolute Gasteiger partial charge is 0.166 e. The highest BCUT2D eigenvalue weighted by Gasteiger charge is 2.23. The quantitative estimate of drug-likeness (QED) is 0.838. The van der Waals surface area contributed by atoms with Crippen LogP contribution in [0.1, 0.15) is 0 Å². The summed E-state index contributed by atoms with van der Waals surface area (Å²) in [7, 11) is -2.54. The molecule has 2 rings (SSSR count). The molecule has 0 unspecified atom stereocenters. The molecular weight excluding hydrogens is 250 g/mol. The van der Waals surface area contributed by atoms with Gasteiger partial charge in [-0.2, -0.15) is 0 Å². The molecule has 0 spiro atoms. The molecule has 18 heavy (non-hydrogen) atoms. The molecule has 0 aromatic heterocycles. The summed E-state index contributed by atoms with van der Waals surface area (Å²) in [5, 5.41) is 2.96. The zero-order chi connectivity index (χ0) is 13.0. The van der Waals surface area contributed by atoms with Gasteiger partial charge in [0.2, 0.25) is 0 Å². The fourth-order valence-corrected chi connectivity index (χ4v) is 8.48. The van der Waals surface area contributed by atoms with E-state index in [1.165, 1.54) is 10.4 Å². The van der Waals surface area contributed by atoms with Gasteiger partial charge in [0, 0.05) is 0 Å². The molecule has 3 heteroatoms. The van der Waals surface area contributed by atoms with Gasteiger partial charge in [0.1, 0.15) is 8.24 Å². The summed E-state index contributed by atoms with van der Waals surface area (Å²) in [4.78, 5) is 0. The first-order valence-electron chi connectivity index (χ1n) is 6.44. The standard InChI is InChI=1S/C15H21NSi2/c1-18(2,3)16-17(14-10-6-4-7-11-14)15-12-8-5-9-13-15/h4-13,16-17H,1-3H3. The van der Waals surface area contributed by atoms with E-state index in [0.717, 1.165) is 0 Å². The van der Waals surface area contributed by atoms with Gasteiger partial charge in [-0.15, -0.1) is 0 Å². The lowest BCUT2D eigenvalue weighted by atomic mass is 10.4. The van der Waals surface area contributed by atoms with Gasteiger partial charge in [-0.25, -0.2) is 0 Å². The second kappa shape index (κ2) is 5.65. The Hall–Kier alpha value is -1.17. The van der Waals surface area contributed by atoms with Crippen molar-refractivity contribution in [3.8, 4) is 0 Å². The normalized spacial score (nSPS) is 11.8. The number of rotatable bonds is 4. The van der Waals surface area contributed by atoms with Gasteiger partial charge in [0.25, 0.3) is 0 Å². The van der Waals surface area contributed by atoms with E-state index in [1.807, 2.05) is 0 Å². The molecule has 0 amide bonds. The SMILES string of the molecule is C[Si](C)(C)N[SiH](c1ccccc1)c1ccccc1. The molecule has 1 N–H and O–H groups in total. The topological polar surface area (TPSA) is 12.0 Å². The van der Waals surface area contributed by atoms with Crippen LogP contribution in [0.15, 0.2) is 60.7 Å². The Morgan fingerprint density at radius 1 is 0.722 bits per heavy atom. The number of hydrogen-bond donors (Lipinski definition) is 1. The summed E-state index contributed by atoms with van der Waals surface area (Å²) in [6.07, 6.45) is 0. The van der Waals surface area contributed by atoms with Gasteiger partial charge >= 0.3 is 0 Å². The van der Waals surface area contributed by atoms with Crippen LogP contribution in [0.2, 0.25) is 19.6 Å². The molecule has 94 valence electrons. The van der Waals surface area contributed by atoms with Gasteiger partial charge in [-0.1, -0.05) is 80.3 Å². The van der Waals surface area contributed by atoms with Crippen LogP contribution in [0.25, 0.3) is 0 Å². The first-order chi connectivity index (χ1) is 8.56. The molecule has 0 aliphatic rings. The third-order valence-electron chi connectivity index (χ3n) is 2.84. The molecule has 0 saturated heterocycles. The Balaban J connectivity index is 2.36. The zero-order valence-electron chi connectivity index (χ0n) is 11.4. The van der Waals surface area contributed by atoms with Crippen LogP contribution in [0.4, 0.5) is 0 Å². The predicted octanol–water partition coefficient (Wildman–Crippen LogP) is 1.95. The van der Waals surface area contributed by atoms with Crippen LogP contribution < -0.4 is 15.0 Å². The lowest BCUT2D eigenvalue weighted by molar-refractivity contribution is 1.38. The van der Waals surface area contributed by atoms with E-state index in [-0.39, 0.29) is 0 Å². The van der Waals surface area contributed by atoms with Crippen molar-refractivity contribution in [2.75, 3.05) is 0 Å². The molecule has 0 radical (unpaired) electrons. The summed E-state index contributed by atoms with van der Waals surface area (Å²) in [6.45, 7) is 7.12. The fraction of sp³-hybridized carbons (Fsp3) is 0.200. The molecule has 0 fully saturated rings. The molecule has 0 atom stereocenters. The van der Waals surface area contributed by atoms with Crippen molar-refractivity contribution in [3.63, 3.8) is 0 Å². The molecular formula is C15H21NSi2. The van der Waals surface area contributed by atoms with Gasteiger partial charge in [-0.3, -0.25) is 0 Å². The van der Waals surface area contributed by atoms with Crippen LogP contribution in [0.3, 0.4) is 0 Å². The number of nitrogens with one attached hydrogen (secondary N) is 1. The summed E-state index contributed by atoms with van der Waals surface area (Å²) in [5.74, 6) is 0. The maximum Gasteiger partial charge on any atom is 0.166 e. The largest absolute Gasteiger partial charge is 0.355 e. The van der Waals surface area contributed by atoms with Crippen LogP contribution in [-0.4, -0.2) is 17.2 Å². The van der Waals surface area contributed by atoms with Crippen molar-refractivity contribution in [2.45, 2.75) is 19.6 Å². The highest BCUT2D eigenvalue weighted by Crippen LogP contribution is 1.98. The van der Waals surface area contributed by atoms with Crippen molar-refractivity contribution in [1.29, 1.82) is 0 Å². The highest BCUT2D eigenvalue weighted by atomic mass is 28.4. The van der Waals surface area contributed by atoms with Crippen molar-refractivity contribution >= 4 is 27.6 Å². The lowest BCUT2D eigenvalue weighted by Crippen LogP contribution is -2.62. The van der Waals surface area contributed by atoms with E-state index in [9.17, 15) is 0 Å². The van der Waals surface area contributed by atoms with E-state index in [0.29, 0.717) is 0 Å². The number of benzene rings is 2. The Kier molecular flexibility index (Phi) is 4.16. The van der Waals surface area contributed by atoms with Gasteiger partial charge in [0.05, 0.1) is 0 Å². The maximum absolute atomic E-state index is 3.97. The average Bonchev–Trinajstić information content (AvgIpc) is 2.37. The summed E-state index contributed by atoms with van der Waals surface area (Å²) in [6, 6.07) is 21.8. The maximum atomic E-state index is 3.97. The van der Waals surface area contributed by atoms with Crippen LogP contribution in [-0.2, 0) is 0 Å². The molecule has 2 aromatic carbocycles. The Bertz CT molecular complexity index is 437. The van der Waals surface area contributed by atoms with E-state index >= 15 is 0 Å². The monoisotopic (exact) mass is 271 g/mol. The molecule has 0 aliphatic carbocycles. The summed E-state index contributed by atoms with van der Waals surface area (Å²) >= 11 is 0.